The van der Waals surface area contributed by atoms with Crippen LogP contribution in [0.3, 0.4) is 0 Å². The van der Waals surface area contributed by atoms with Gasteiger partial charge in [-0.3, -0.25) is 4.72 Å². The van der Waals surface area contributed by atoms with E-state index in [-0.39, 0.29) is 33.6 Å². The standard InChI is InChI=1S/C20H24BF2NO5S.C18H27BO5S/c1-6-30(25,26)24-14-8-10-17(27-18-9-7-13(22)11-16(18)23)15(12-14)21-28-19(2,3)20(4,5)29-21;1-6-25(20,21)14-9-10-16(22-12-13-7-8-13)15(11-14)19-23-17(2,3)18(4,5)24-19/h7-12,24H,6H2,1-5H3;9-11,13H,6-8,12H2,1-5H3. The van der Waals surface area contributed by atoms with Crippen LogP contribution in [0.15, 0.2) is 59.5 Å². The van der Waals surface area contributed by atoms with Gasteiger partial charge in [0.1, 0.15) is 17.3 Å². The average Bonchev–Trinajstić information content (AvgIpc) is 3.85. The molecule has 2 heterocycles. The highest BCUT2D eigenvalue weighted by Gasteiger charge is 2.54. The summed E-state index contributed by atoms with van der Waals surface area (Å²) in [5, 5.41) is 0. The van der Waals surface area contributed by atoms with Crippen molar-refractivity contribution in [1.82, 2.24) is 0 Å². The van der Waals surface area contributed by atoms with Crippen LogP contribution in [0.5, 0.6) is 17.2 Å². The highest BCUT2D eigenvalue weighted by atomic mass is 32.2. The van der Waals surface area contributed by atoms with Gasteiger partial charge in [-0.2, -0.15) is 0 Å². The SMILES string of the molecule is CCS(=O)(=O)Nc1ccc(Oc2ccc(F)cc2F)c(B2OC(C)(C)C(C)(C)O2)c1.CCS(=O)(=O)c1ccc(OCC2CC2)c(B2OC(C)(C)C(C)(C)O2)c1. The summed E-state index contributed by atoms with van der Waals surface area (Å²) in [6.07, 6.45) is 2.38. The van der Waals surface area contributed by atoms with E-state index in [1.165, 1.54) is 44.0 Å². The van der Waals surface area contributed by atoms with Crippen molar-refractivity contribution in [2.75, 3.05) is 22.8 Å². The zero-order valence-electron chi connectivity index (χ0n) is 33.1. The van der Waals surface area contributed by atoms with E-state index >= 15 is 0 Å². The van der Waals surface area contributed by atoms with Crippen molar-refractivity contribution in [2.45, 2.75) is 109 Å². The minimum atomic E-state index is -3.52. The Morgan fingerprint density at radius 3 is 1.69 bits per heavy atom. The number of sulfonamides is 1. The first-order valence-corrected chi connectivity index (χ1v) is 21.7. The Labute approximate surface area is 325 Å². The Kier molecular flexibility index (Phi) is 12.2. The van der Waals surface area contributed by atoms with Crippen LogP contribution in [-0.4, -0.2) is 71.6 Å². The third kappa shape index (κ3) is 9.85. The molecule has 55 heavy (non-hydrogen) atoms. The van der Waals surface area contributed by atoms with Gasteiger partial charge in [0.2, 0.25) is 10.0 Å². The lowest BCUT2D eigenvalue weighted by Gasteiger charge is -2.32. The second-order valence-electron chi connectivity index (χ2n) is 16.0. The fraction of sp³-hybridized carbons (Fsp3) is 0.526. The third-order valence-corrected chi connectivity index (χ3v) is 13.7. The van der Waals surface area contributed by atoms with Crippen LogP contribution in [0.1, 0.15) is 82.1 Å². The molecule has 3 aliphatic rings. The number of hydrogen-bond acceptors (Lipinski definition) is 10. The van der Waals surface area contributed by atoms with Gasteiger partial charge in [0.05, 0.1) is 45.4 Å². The molecule has 0 bridgehead atoms. The molecular formula is C38H51B2F2NO10S2. The molecule has 2 aliphatic heterocycles. The summed E-state index contributed by atoms with van der Waals surface area (Å²) < 4.78 is 114. The molecule has 0 radical (unpaired) electrons. The van der Waals surface area contributed by atoms with E-state index in [1.54, 1.807) is 25.1 Å². The van der Waals surface area contributed by atoms with Gasteiger partial charge in [0, 0.05) is 22.7 Å². The van der Waals surface area contributed by atoms with Gasteiger partial charge in [0.15, 0.2) is 21.4 Å². The Morgan fingerprint density at radius 2 is 1.20 bits per heavy atom. The summed E-state index contributed by atoms with van der Waals surface area (Å²) in [7, 11) is -8.36. The summed E-state index contributed by atoms with van der Waals surface area (Å²) in [6.45, 7) is 19.2. The number of ether oxygens (including phenoxy) is 2. The molecule has 3 fully saturated rings. The van der Waals surface area contributed by atoms with Crippen molar-refractivity contribution in [3.63, 3.8) is 0 Å². The van der Waals surface area contributed by atoms with E-state index in [1.807, 2.05) is 55.4 Å². The van der Waals surface area contributed by atoms with E-state index < -0.39 is 68.1 Å². The molecule has 0 aromatic heterocycles. The normalized spacial score (nSPS) is 19.8. The maximum atomic E-state index is 14.1. The first-order valence-electron chi connectivity index (χ1n) is 18.4. The summed E-state index contributed by atoms with van der Waals surface area (Å²) in [4.78, 5) is 0.276. The highest BCUT2D eigenvalue weighted by Crippen LogP contribution is 2.39. The van der Waals surface area contributed by atoms with E-state index in [2.05, 4.69) is 4.72 Å². The van der Waals surface area contributed by atoms with E-state index in [9.17, 15) is 25.6 Å². The number of halogens is 2. The van der Waals surface area contributed by atoms with Crippen LogP contribution >= 0.6 is 0 Å². The summed E-state index contributed by atoms with van der Waals surface area (Å²) >= 11 is 0. The van der Waals surface area contributed by atoms with Gasteiger partial charge in [-0.1, -0.05) is 6.92 Å². The number of anilines is 1. The monoisotopic (exact) mass is 805 g/mol. The predicted octanol–water partition coefficient (Wildman–Crippen LogP) is 6.39. The van der Waals surface area contributed by atoms with E-state index in [4.69, 9.17) is 28.1 Å². The number of hydrogen-bond donors (Lipinski definition) is 1. The fourth-order valence-electron chi connectivity index (χ4n) is 5.45. The van der Waals surface area contributed by atoms with Crippen LogP contribution in [-0.2, 0) is 38.5 Å². The molecule has 1 N–H and O–H groups in total. The van der Waals surface area contributed by atoms with Gasteiger partial charge < -0.3 is 28.1 Å². The summed E-state index contributed by atoms with van der Waals surface area (Å²) in [5.74, 6) is -0.392. The molecule has 0 unspecified atom stereocenters. The number of nitrogens with one attached hydrogen (secondary N) is 1. The Morgan fingerprint density at radius 1 is 0.691 bits per heavy atom. The van der Waals surface area contributed by atoms with Crippen molar-refractivity contribution in [3.8, 4) is 17.2 Å². The molecule has 0 amide bonds. The molecule has 1 aliphatic carbocycles. The minimum absolute atomic E-state index is 0.0537. The first kappa shape index (κ1) is 42.9. The van der Waals surface area contributed by atoms with Crippen molar-refractivity contribution >= 4 is 50.7 Å². The molecule has 17 heteroatoms. The predicted molar refractivity (Wildman–Crippen MR) is 210 cm³/mol. The van der Waals surface area contributed by atoms with Crippen molar-refractivity contribution in [3.05, 3.63) is 66.2 Å². The highest BCUT2D eigenvalue weighted by molar-refractivity contribution is 7.92. The average molecular weight is 806 g/mol. The maximum Gasteiger partial charge on any atom is 0.498 e. The van der Waals surface area contributed by atoms with Gasteiger partial charge in [0.25, 0.3) is 0 Å². The Hall–Kier alpha value is -3.21. The smallest absolute Gasteiger partial charge is 0.494 e. The van der Waals surface area contributed by atoms with Crippen LogP contribution < -0.4 is 25.1 Å². The van der Waals surface area contributed by atoms with Gasteiger partial charge in [-0.25, -0.2) is 25.6 Å². The largest absolute Gasteiger partial charge is 0.498 e. The lowest BCUT2D eigenvalue weighted by atomic mass is 9.78. The van der Waals surface area contributed by atoms with Crippen molar-refractivity contribution in [2.24, 2.45) is 5.92 Å². The van der Waals surface area contributed by atoms with Crippen molar-refractivity contribution < 1.29 is 53.7 Å². The molecular weight excluding hydrogens is 754 g/mol. The Balaban J connectivity index is 0.000000214. The van der Waals surface area contributed by atoms with Crippen LogP contribution in [0, 0.1) is 17.6 Å². The lowest BCUT2D eigenvalue weighted by molar-refractivity contribution is 0.00578. The first-order chi connectivity index (χ1) is 25.4. The van der Waals surface area contributed by atoms with Crippen LogP contribution in [0.2, 0.25) is 0 Å². The summed E-state index contributed by atoms with van der Waals surface area (Å²) in [6, 6.07) is 12.4. The Bertz CT molecular complexity index is 2080. The topological polar surface area (TPSA) is 136 Å². The van der Waals surface area contributed by atoms with Crippen LogP contribution in [0.25, 0.3) is 0 Å². The zero-order valence-corrected chi connectivity index (χ0v) is 34.8. The molecule has 3 aromatic carbocycles. The lowest BCUT2D eigenvalue weighted by Crippen LogP contribution is -2.41. The van der Waals surface area contributed by atoms with E-state index in [0.717, 1.165) is 6.07 Å². The minimum Gasteiger partial charge on any atom is -0.494 e. The number of rotatable bonds is 12. The van der Waals surface area contributed by atoms with Gasteiger partial charge in [-0.05, 0) is 130 Å². The van der Waals surface area contributed by atoms with Gasteiger partial charge in [-0.15, -0.1) is 0 Å². The van der Waals surface area contributed by atoms with E-state index in [0.29, 0.717) is 35.3 Å². The quantitative estimate of drug-likeness (QED) is 0.205. The van der Waals surface area contributed by atoms with Crippen LogP contribution in [0.4, 0.5) is 14.5 Å². The molecule has 3 aromatic rings. The molecule has 0 spiro atoms. The summed E-state index contributed by atoms with van der Waals surface area (Å²) in [5.41, 5.74) is -1.00. The molecule has 11 nitrogen and oxygen atoms in total. The second kappa shape index (κ2) is 15.6. The number of sulfone groups is 1. The molecule has 6 rings (SSSR count). The second-order valence-corrected chi connectivity index (χ2v) is 20.3. The maximum absolute atomic E-state index is 14.1. The number of benzene rings is 3. The molecule has 2 saturated heterocycles. The zero-order chi connectivity index (χ0) is 40.8. The molecule has 1 saturated carbocycles. The molecule has 300 valence electrons. The van der Waals surface area contributed by atoms with Gasteiger partial charge >= 0.3 is 14.2 Å². The molecule has 0 atom stereocenters. The fourth-order valence-corrected chi connectivity index (χ4v) is 7.00. The third-order valence-electron chi connectivity index (χ3n) is 10.7. The van der Waals surface area contributed by atoms with Crippen molar-refractivity contribution in [1.29, 1.82) is 0 Å².